The Bertz CT molecular complexity index is 123. The molecule has 0 aliphatic carbocycles. The lowest BCUT2D eigenvalue weighted by Gasteiger charge is -2.32. The van der Waals surface area contributed by atoms with E-state index < -0.39 is 17.5 Å². The summed E-state index contributed by atoms with van der Waals surface area (Å²) < 4.78 is 0. The number of nitrogens with two attached hydrogens (primary N) is 1. The van der Waals surface area contributed by atoms with Crippen LogP contribution in [0.25, 0.3) is 0 Å². The van der Waals surface area contributed by atoms with Gasteiger partial charge in [0.15, 0.2) is 0 Å². The van der Waals surface area contributed by atoms with Crippen LogP contribution < -0.4 is 11.1 Å². The molecule has 0 aromatic carbocycles. The molecule has 0 amide bonds. The van der Waals surface area contributed by atoms with E-state index in [9.17, 15) is 10.2 Å². The Morgan fingerprint density at radius 2 is 1.64 bits per heavy atom. The quantitative estimate of drug-likeness (QED) is 0.416. The molecule has 4 heteroatoms. The molecule has 0 bridgehead atoms. The van der Waals surface area contributed by atoms with Crippen molar-refractivity contribution < 1.29 is 10.2 Å². The Hall–Kier alpha value is -0.160. The zero-order chi connectivity index (χ0) is 9.28. The maximum absolute atomic E-state index is 9.33. The fraction of sp³-hybridized carbons (Fsp3) is 1.00. The monoisotopic (exact) mass is 162 g/mol. The Morgan fingerprint density at radius 3 is 1.73 bits per heavy atom. The van der Waals surface area contributed by atoms with Gasteiger partial charge >= 0.3 is 0 Å². The topological polar surface area (TPSA) is 78.5 Å². The Kier molecular flexibility index (Phi) is 3.02. The third kappa shape index (κ3) is 5.15. The van der Waals surface area contributed by atoms with Crippen molar-refractivity contribution >= 4 is 0 Å². The summed E-state index contributed by atoms with van der Waals surface area (Å²) in [4.78, 5) is 0. The first-order valence-corrected chi connectivity index (χ1v) is 3.60. The van der Waals surface area contributed by atoms with Crippen LogP contribution in [-0.4, -0.2) is 27.7 Å². The van der Waals surface area contributed by atoms with Crippen LogP contribution in [0, 0.1) is 0 Å². The molecule has 1 atom stereocenters. The molecular formula is C7H18N2O2. The van der Waals surface area contributed by atoms with E-state index in [4.69, 9.17) is 5.73 Å². The minimum absolute atomic E-state index is 0.750. The van der Waals surface area contributed by atoms with Crippen molar-refractivity contribution in [1.29, 1.82) is 0 Å². The fourth-order valence-corrected chi connectivity index (χ4v) is 0.521. The summed E-state index contributed by atoms with van der Waals surface area (Å²) >= 11 is 0. The molecule has 0 rings (SSSR count). The van der Waals surface area contributed by atoms with Crippen LogP contribution in [0.4, 0.5) is 0 Å². The van der Waals surface area contributed by atoms with Crippen molar-refractivity contribution in [2.45, 2.75) is 45.2 Å². The summed E-state index contributed by atoms with van der Waals surface area (Å²) in [5.74, 6) is 0. The lowest BCUT2D eigenvalue weighted by atomic mass is 10.0. The summed E-state index contributed by atoms with van der Waals surface area (Å²) in [6, 6.07) is 0. The number of rotatable bonds is 3. The lowest BCUT2D eigenvalue weighted by Crippen LogP contribution is -2.58. The third-order valence-electron chi connectivity index (χ3n) is 1.19. The molecule has 1 unspecified atom stereocenters. The molecule has 0 saturated heterocycles. The molecule has 0 aromatic heterocycles. The first-order valence-electron chi connectivity index (χ1n) is 3.60. The van der Waals surface area contributed by atoms with Crippen LogP contribution in [0.5, 0.6) is 0 Å². The van der Waals surface area contributed by atoms with Crippen LogP contribution in [-0.2, 0) is 0 Å². The zero-order valence-electron chi connectivity index (χ0n) is 7.55. The largest absolute Gasteiger partial charge is 0.377 e. The van der Waals surface area contributed by atoms with Gasteiger partial charge in [-0.25, -0.2) is 0 Å². The summed E-state index contributed by atoms with van der Waals surface area (Å²) in [5, 5.41) is 21.1. The van der Waals surface area contributed by atoms with E-state index in [-0.39, 0.29) is 0 Å². The smallest absolute Gasteiger partial charge is 0.124 e. The fourth-order valence-electron chi connectivity index (χ4n) is 0.521. The molecule has 0 aliphatic heterocycles. The van der Waals surface area contributed by atoms with Crippen LogP contribution in [0.2, 0.25) is 0 Å². The van der Waals surface area contributed by atoms with Crippen molar-refractivity contribution in [2.24, 2.45) is 5.73 Å². The second kappa shape index (κ2) is 3.06. The summed E-state index contributed by atoms with van der Waals surface area (Å²) in [6.07, 6.45) is -0.914. The molecule has 0 saturated carbocycles. The van der Waals surface area contributed by atoms with Crippen LogP contribution in [0.3, 0.4) is 0 Å². The van der Waals surface area contributed by atoms with E-state index in [1.54, 1.807) is 27.7 Å². The Morgan fingerprint density at radius 1 is 1.27 bits per heavy atom. The number of hydrogen-bond donors (Lipinski definition) is 4. The van der Waals surface area contributed by atoms with Gasteiger partial charge in [-0.1, -0.05) is 0 Å². The van der Waals surface area contributed by atoms with Gasteiger partial charge in [-0.3, -0.25) is 5.32 Å². The van der Waals surface area contributed by atoms with Gasteiger partial charge in [0, 0.05) is 5.54 Å². The van der Waals surface area contributed by atoms with Crippen molar-refractivity contribution in [1.82, 2.24) is 5.32 Å². The molecule has 0 radical (unpaired) electrons. The van der Waals surface area contributed by atoms with Gasteiger partial charge in [0.2, 0.25) is 0 Å². The second-order valence-corrected chi connectivity index (χ2v) is 3.93. The highest BCUT2D eigenvalue weighted by atomic mass is 16.3. The highest BCUT2D eigenvalue weighted by Gasteiger charge is 2.27. The molecule has 0 aromatic rings. The summed E-state index contributed by atoms with van der Waals surface area (Å²) in [6.45, 7) is 6.44. The van der Waals surface area contributed by atoms with Crippen molar-refractivity contribution in [3.05, 3.63) is 0 Å². The first kappa shape index (κ1) is 10.8. The summed E-state index contributed by atoms with van der Waals surface area (Å²) in [7, 11) is 0. The highest BCUT2D eigenvalue weighted by Crippen LogP contribution is 2.05. The first-order chi connectivity index (χ1) is 4.63. The van der Waals surface area contributed by atoms with Gasteiger partial charge in [-0.2, -0.15) is 0 Å². The van der Waals surface area contributed by atoms with Gasteiger partial charge in [-0.05, 0) is 27.7 Å². The standard InChI is InChI=1S/C7H18N2O2/c1-6(2,8)5(10)9-7(3,4)11/h5,9-11H,8H2,1-4H3. The van der Waals surface area contributed by atoms with Gasteiger partial charge in [0.05, 0.1) is 0 Å². The minimum Gasteiger partial charge on any atom is -0.377 e. The van der Waals surface area contributed by atoms with E-state index in [1.165, 1.54) is 0 Å². The average molecular weight is 162 g/mol. The highest BCUT2D eigenvalue weighted by molar-refractivity contribution is 4.82. The second-order valence-electron chi connectivity index (χ2n) is 3.93. The normalized spacial score (nSPS) is 16.6. The molecule has 11 heavy (non-hydrogen) atoms. The third-order valence-corrected chi connectivity index (χ3v) is 1.19. The van der Waals surface area contributed by atoms with E-state index in [0.29, 0.717) is 0 Å². The molecule has 5 N–H and O–H groups in total. The molecule has 0 spiro atoms. The van der Waals surface area contributed by atoms with E-state index in [1.807, 2.05) is 0 Å². The molecular weight excluding hydrogens is 144 g/mol. The maximum Gasteiger partial charge on any atom is 0.124 e. The predicted molar refractivity (Wildman–Crippen MR) is 43.7 cm³/mol. The van der Waals surface area contributed by atoms with E-state index in [0.717, 1.165) is 0 Å². The van der Waals surface area contributed by atoms with Crippen molar-refractivity contribution in [3.8, 4) is 0 Å². The SMILES string of the molecule is CC(C)(O)NC(O)C(C)(C)N. The zero-order valence-corrected chi connectivity index (χ0v) is 7.55. The number of hydrogen-bond acceptors (Lipinski definition) is 4. The average Bonchev–Trinajstić information content (AvgIpc) is 1.56. The van der Waals surface area contributed by atoms with Gasteiger partial charge in [0.1, 0.15) is 12.0 Å². The van der Waals surface area contributed by atoms with Gasteiger partial charge in [-0.15, -0.1) is 0 Å². The van der Waals surface area contributed by atoms with Gasteiger partial charge in [0.25, 0.3) is 0 Å². The van der Waals surface area contributed by atoms with Crippen molar-refractivity contribution in [2.75, 3.05) is 0 Å². The maximum atomic E-state index is 9.33. The van der Waals surface area contributed by atoms with Crippen LogP contribution in [0.1, 0.15) is 27.7 Å². The lowest BCUT2D eigenvalue weighted by molar-refractivity contribution is -0.0422. The van der Waals surface area contributed by atoms with Crippen LogP contribution >= 0.6 is 0 Å². The van der Waals surface area contributed by atoms with Crippen molar-refractivity contribution in [3.63, 3.8) is 0 Å². The molecule has 0 heterocycles. The predicted octanol–water partition coefficient (Wildman–Crippen LogP) is -0.640. The molecule has 68 valence electrons. The number of aliphatic hydroxyl groups excluding tert-OH is 1. The van der Waals surface area contributed by atoms with E-state index >= 15 is 0 Å². The molecule has 4 nitrogen and oxygen atoms in total. The Balaban J connectivity index is 3.99. The Labute approximate surface area is 67.4 Å². The van der Waals surface area contributed by atoms with Crippen LogP contribution in [0.15, 0.2) is 0 Å². The number of nitrogens with one attached hydrogen (secondary N) is 1. The minimum atomic E-state index is -1.10. The molecule has 0 fully saturated rings. The van der Waals surface area contributed by atoms with E-state index in [2.05, 4.69) is 5.32 Å². The number of aliphatic hydroxyl groups is 2. The summed E-state index contributed by atoms with van der Waals surface area (Å²) in [5.41, 5.74) is 3.71. The molecule has 0 aliphatic rings. The van der Waals surface area contributed by atoms with Gasteiger partial charge < -0.3 is 15.9 Å².